The van der Waals surface area contributed by atoms with Gasteiger partial charge in [-0.3, -0.25) is 4.79 Å². The summed E-state index contributed by atoms with van der Waals surface area (Å²) in [6.07, 6.45) is 0.773. The van der Waals surface area contributed by atoms with Gasteiger partial charge in [0.05, 0.1) is 6.61 Å². The monoisotopic (exact) mass is 179 g/mol. The van der Waals surface area contributed by atoms with E-state index in [-0.39, 0.29) is 0 Å². The molecule has 0 aromatic heterocycles. The zero-order chi connectivity index (χ0) is 9.68. The van der Waals surface area contributed by atoms with Crippen LogP contribution in [-0.2, 0) is 4.79 Å². The summed E-state index contributed by atoms with van der Waals surface area (Å²) in [5.74, 6) is 0.825. The van der Waals surface area contributed by atoms with Gasteiger partial charge in [-0.25, -0.2) is 0 Å². The van der Waals surface area contributed by atoms with Gasteiger partial charge in [-0.2, -0.15) is 0 Å². The largest absolute Gasteiger partial charge is 0.494 e. The molecule has 0 N–H and O–H groups in total. The molecule has 0 atom stereocenters. The summed E-state index contributed by atoms with van der Waals surface area (Å²) < 4.78 is 5.27. The number of hydrogen-bond acceptors (Lipinski definition) is 2. The van der Waals surface area contributed by atoms with Crippen molar-refractivity contribution in [3.63, 3.8) is 0 Å². The number of ether oxygens (including phenoxy) is 1. The summed E-state index contributed by atoms with van der Waals surface area (Å²) in [4.78, 5) is 11.9. The summed E-state index contributed by atoms with van der Waals surface area (Å²) in [6.45, 7) is 2.59. The Morgan fingerprint density at radius 3 is 2.46 bits per heavy atom. The van der Waals surface area contributed by atoms with Gasteiger partial charge in [0.1, 0.15) is 5.75 Å². The van der Waals surface area contributed by atoms with Crippen molar-refractivity contribution in [1.29, 1.82) is 0 Å². The second-order valence-corrected chi connectivity index (χ2v) is 2.64. The molecule has 3 heteroatoms. The highest BCUT2D eigenvalue weighted by Gasteiger charge is 1.98. The fourth-order valence-corrected chi connectivity index (χ4v) is 1.01. The number of carbonyl (C=O) groups is 1. The first kappa shape index (κ1) is 9.58. The summed E-state index contributed by atoms with van der Waals surface area (Å²) >= 11 is 0. The lowest BCUT2D eigenvalue weighted by Crippen LogP contribution is -2.13. The van der Waals surface area contributed by atoms with Crippen molar-refractivity contribution in [2.75, 3.05) is 18.6 Å². The number of amides is 1. The Hall–Kier alpha value is -1.51. The van der Waals surface area contributed by atoms with Crippen LogP contribution in [0.2, 0.25) is 0 Å². The topological polar surface area (TPSA) is 29.5 Å². The van der Waals surface area contributed by atoms with Crippen LogP contribution in [0.3, 0.4) is 0 Å². The molecule has 0 aliphatic carbocycles. The number of carbonyl (C=O) groups excluding carboxylic acids is 1. The van der Waals surface area contributed by atoms with Crippen LogP contribution >= 0.6 is 0 Å². The van der Waals surface area contributed by atoms with Gasteiger partial charge in [-0.1, -0.05) is 0 Å². The van der Waals surface area contributed by atoms with E-state index in [1.807, 2.05) is 31.2 Å². The molecule has 1 aromatic carbocycles. The molecule has 0 unspecified atom stereocenters. The molecule has 0 aliphatic rings. The SMILES string of the molecule is CCOc1ccc(N(C)C=O)cc1. The van der Waals surface area contributed by atoms with E-state index < -0.39 is 0 Å². The molecule has 0 radical (unpaired) electrons. The first-order chi connectivity index (χ1) is 6.27. The molecule has 70 valence electrons. The summed E-state index contributed by atoms with van der Waals surface area (Å²) in [7, 11) is 1.71. The van der Waals surface area contributed by atoms with Gasteiger partial charge in [0.15, 0.2) is 0 Å². The second kappa shape index (κ2) is 4.50. The summed E-state index contributed by atoms with van der Waals surface area (Å²) in [5, 5.41) is 0. The third-order valence-electron chi connectivity index (χ3n) is 1.71. The van der Waals surface area contributed by atoms with Crippen LogP contribution in [0.15, 0.2) is 24.3 Å². The van der Waals surface area contributed by atoms with Gasteiger partial charge in [-0.15, -0.1) is 0 Å². The van der Waals surface area contributed by atoms with Crippen LogP contribution in [0.4, 0.5) is 5.69 Å². The Labute approximate surface area is 77.9 Å². The van der Waals surface area contributed by atoms with Crippen molar-refractivity contribution < 1.29 is 9.53 Å². The van der Waals surface area contributed by atoms with Crippen LogP contribution in [0, 0.1) is 0 Å². The predicted molar refractivity (Wildman–Crippen MR) is 52.1 cm³/mol. The van der Waals surface area contributed by atoms with E-state index in [0.717, 1.165) is 17.8 Å². The maximum absolute atomic E-state index is 10.4. The quantitative estimate of drug-likeness (QED) is 0.658. The molecule has 0 saturated carbocycles. The highest BCUT2D eigenvalue weighted by atomic mass is 16.5. The molecular formula is C10H13NO2. The number of nitrogens with zero attached hydrogens (tertiary/aromatic N) is 1. The van der Waals surface area contributed by atoms with Crippen LogP contribution in [0.25, 0.3) is 0 Å². The third kappa shape index (κ3) is 2.47. The van der Waals surface area contributed by atoms with Crippen LogP contribution in [-0.4, -0.2) is 20.1 Å². The van der Waals surface area contributed by atoms with E-state index in [1.165, 1.54) is 4.90 Å². The zero-order valence-electron chi connectivity index (χ0n) is 7.86. The molecule has 3 nitrogen and oxygen atoms in total. The average Bonchev–Trinajstić information content (AvgIpc) is 2.18. The van der Waals surface area contributed by atoms with Crippen molar-refractivity contribution >= 4 is 12.1 Å². The smallest absolute Gasteiger partial charge is 0.213 e. The molecule has 0 aliphatic heterocycles. The molecule has 0 bridgehead atoms. The Morgan fingerprint density at radius 2 is 2.00 bits per heavy atom. The second-order valence-electron chi connectivity index (χ2n) is 2.64. The Balaban J connectivity index is 2.74. The van der Waals surface area contributed by atoms with Crippen molar-refractivity contribution in [3.05, 3.63) is 24.3 Å². The molecule has 0 spiro atoms. The minimum atomic E-state index is 0.656. The fourth-order valence-electron chi connectivity index (χ4n) is 1.01. The van der Waals surface area contributed by atoms with E-state index in [0.29, 0.717) is 6.61 Å². The van der Waals surface area contributed by atoms with Gasteiger partial charge in [-0.05, 0) is 31.2 Å². The number of rotatable bonds is 4. The molecule has 0 heterocycles. The number of hydrogen-bond donors (Lipinski definition) is 0. The average molecular weight is 179 g/mol. The Bertz CT molecular complexity index is 269. The lowest BCUT2D eigenvalue weighted by Gasteiger charge is -2.10. The minimum absolute atomic E-state index is 0.656. The van der Waals surface area contributed by atoms with Gasteiger partial charge in [0.2, 0.25) is 6.41 Å². The first-order valence-corrected chi connectivity index (χ1v) is 4.19. The molecule has 1 amide bonds. The number of anilines is 1. The van der Waals surface area contributed by atoms with Crippen molar-refractivity contribution in [1.82, 2.24) is 0 Å². The van der Waals surface area contributed by atoms with Gasteiger partial charge >= 0.3 is 0 Å². The van der Waals surface area contributed by atoms with E-state index in [4.69, 9.17) is 4.74 Å². The minimum Gasteiger partial charge on any atom is -0.494 e. The van der Waals surface area contributed by atoms with Crippen LogP contribution < -0.4 is 9.64 Å². The van der Waals surface area contributed by atoms with Crippen LogP contribution in [0.5, 0.6) is 5.75 Å². The van der Waals surface area contributed by atoms with Gasteiger partial charge in [0.25, 0.3) is 0 Å². The van der Waals surface area contributed by atoms with E-state index in [1.54, 1.807) is 7.05 Å². The van der Waals surface area contributed by atoms with Gasteiger partial charge in [0, 0.05) is 12.7 Å². The Morgan fingerprint density at radius 1 is 1.38 bits per heavy atom. The van der Waals surface area contributed by atoms with E-state index in [2.05, 4.69) is 0 Å². The van der Waals surface area contributed by atoms with Crippen molar-refractivity contribution in [2.24, 2.45) is 0 Å². The lowest BCUT2D eigenvalue weighted by molar-refractivity contribution is -0.107. The van der Waals surface area contributed by atoms with E-state index >= 15 is 0 Å². The maximum Gasteiger partial charge on any atom is 0.213 e. The molecule has 1 rings (SSSR count). The summed E-state index contributed by atoms with van der Waals surface area (Å²) in [5.41, 5.74) is 0.860. The highest BCUT2D eigenvalue weighted by molar-refractivity contribution is 5.74. The van der Waals surface area contributed by atoms with Gasteiger partial charge < -0.3 is 9.64 Å². The highest BCUT2D eigenvalue weighted by Crippen LogP contribution is 2.17. The predicted octanol–water partition coefficient (Wildman–Crippen LogP) is 1.68. The third-order valence-corrected chi connectivity index (χ3v) is 1.71. The molecule has 0 fully saturated rings. The van der Waals surface area contributed by atoms with Crippen molar-refractivity contribution in [3.8, 4) is 5.75 Å². The first-order valence-electron chi connectivity index (χ1n) is 4.19. The fraction of sp³-hybridized carbons (Fsp3) is 0.300. The molecular weight excluding hydrogens is 166 g/mol. The van der Waals surface area contributed by atoms with E-state index in [9.17, 15) is 4.79 Å². The summed E-state index contributed by atoms with van der Waals surface area (Å²) in [6, 6.07) is 7.39. The molecule has 1 aromatic rings. The molecule has 0 saturated heterocycles. The molecule has 13 heavy (non-hydrogen) atoms. The zero-order valence-corrected chi connectivity index (χ0v) is 7.86. The standard InChI is InChI=1S/C10H13NO2/c1-3-13-10-6-4-9(5-7-10)11(2)8-12/h4-8H,3H2,1-2H3. The normalized spacial score (nSPS) is 9.38. The number of benzene rings is 1. The van der Waals surface area contributed by atoms with Crippen molar-refractivity contribution in [2.45, 2.75) is 6.92 Å². The Kier molecular flexibility index (Phi) is 3.31. The maximum atomic E-state index is 10.4. The lowest BCUT2D eigenvalue weighted by atomic mass is 10.3. The van der Waals surface area contributed by atoms with Crippen LogP contribution in [0.1, 0.15) is 6.92 Å².